The van der Waals surface area contributed by atoms with Gasteiger partial charge in [-0.1, -0.05) is 6.92 Å². The first-order valence-corrected chi connectivity index (χ1v) is 7.24. The van der Waals surface area contributed by atoms with Gasteiger partial charge in [0, 0.05) is 37.3 Å². The fourth-order valence-electron chi connectivity index (χ4n) is 2.86. The van der Waals surface area contributed by atoms with Crippen LogP contribution < -0.4 is 5.73 Å². The standard InChI is InChI=1S/C14H24N4O/c1-3-8-17-10-11(9-16-17)14-12(15)6-5-7-13(19)18(14)4-2/h9-10,12,14H,3-8,15H2,1-2H3. The van der Waals surface area contributed by atoms with Crippen LogP contribution in [0.5, 0.6) is 0 Å². The van der Waals surface area contributed by atoms with Gasteiger partial charge in [0.05, 0.1) is 12.2 Å². The van der Waals surface area contributed by atoms with Crippen LogP contribution in [0.4, 0.5) is 0 Å². The van der Waals surface area contributed by atoms with Crippen molar-refractivity contribution < 1.29 is 4.79 Å². The highest BCUT2D eigenvalue weighted by Gasteiger charge is 2.32. The third-order valence-corrected chi connectivity index (χ3v) is 3.78. The van der Waals surface area contributed by atoms with Gasteiger partial charge in [0.15, 0.2) is 0 Å². The molecule has 0 spiro atoms. The Hall–Kier alpha value is -1.36. The van der Waals surface area contributed by atoms with Crippen molar-refractivity contribution in [3.8, 4) is 0 Å². The van der Waals surface area contributed by atoms with Crippen molar-refractivity contribution in [3.63, 3.8) is 0 Å². The zero-order chi connectivity index (χ0) is 13.8. The summed E-state index contributed by atoms with van der Waals surface area (Å²) in [6, 6.07) is -0.0173. The van der Waals surface area contributed by atoms with Gasteiger partial charge in [-0.2, -0.15) is 5.10 Å². The zero-order valence-electron chi connectivity index (χ0n) is 11.9. The summed E-state index contributed by atoms with van der Waals surface area (Å²) >= 11 is 0. The van der Waals surface area contributed by atoms with Crippen LogP contribution in [-0.2, 0) is 11.3 Å². The largest absolute Gasteiger partial charge is 0.334 e. The maximum Gasteiger partial charge on any atom is 0.223 e. The molecule has 2 unspecified atom stereocenters. The summed E-state index contributed by atoms with van der Waals surface area (Å²) in [6.45, 7) is 5.75. The van der Waals surface area contributed by atoms with Gasteiger partial charge in [-0.3, -0.25) is 9.48 Å². The molecule has 2 atom stereocenters. The first-order valence-electron chi connectivity index (χ1n) is 7.24. The zero-order valence-corrected chi connectivity index (χ0v) is 11.9. The van der Waals surface area contributed by atoms with Crippen LogP contribution in [0.15, 0.2) is 12.4 Å². The van der Waals surface area contributed by atoms with Crippen LogP contribution in [0.1, 0.15) is 51.1 Å². The van der Waals surface area contributed by atoms with Gasteiger partial charge in [-0.25, -0.2) is 0 Å². The smallest absolute Gasteiger partial charge is 0.223 e. The van der Waals surface area contributed by atoms with E-state index in [0.717, 1.165) is 31.4 Å². The van der Waals surface area contributed by atoms with Crippen LogP contribution in [0.2, 0.25) is 0 Å². The Kier molecular flexibility index (Phi) is 4.58. The van der Waals surface area contributed by atoms with E-state index < -0.39 is 0 Å². The molecule has 1 aromatic rings. The quantitative estimate of drug-likeness (QED) is 0.900. The number of nitrogens with zero attached hydrogens (tertiary/aromatic N) is 3. The molecule has 1 aromatic heterocycles. The van der Waals surface area contributed by atoms with Crippen molar-refractivity contribution in [1.82, 2.24) is 14.7 Å². The molecule has 5 heteroatoms. The number of nitrogens with two attached hydrogens (primary N) is 1. The summed E-state index contributed by atoms with van der Waals surface area (Å²) < 4.78 is 1.94. The van der Waals surface area contributed by atoms with E-state index in [9.17, 15) is 4.79 Å². The highest BCUT2D eigenvalue weighted by molar-refractivity contribution is 5.77. The van der Waals surface area contributed by atoms with Gasteiger partial charge in [-0.05, 0) is 26.2 Å². The molecule has 106 valence electrons. The van der Waals surface area contributed by atoms with E-state index in [2.05, 4.69) is 12.0 Å². The minimum absolute atomic E-state index is 0.00526. The molecule has 1 amide bonds. The SMILES string of the molecule is CCCn1cc(C2C(N)CCCC(=O)N2CC)cn1. The molecule has 0 aromatic carbocycles. The first-order chi connectivity index (χ1) is 9.17. The Morgan fingerprint density at radius 3 is 2.95 bits per heavy atom. The fourth-order valence-corrected chi connectivity index (χ4v) is 2.86. The summed E-state index contributed by atoms with van der Waals surface area (Å²) in [4.78, 5) is 14.1. The third kappa shape index (κ3) is 2.97. The average molecular weight is 264 g/mol. The van der Waals surface area contributed by atoms with Gasteiger partial charge >= 0.3 is 0 Å². The molecule has 2 rings (SSSR count). The Bertz CT molecular complexity index is 429. The van der Waals surface area contributed by atoms with E-state index >= 15 is 0 Å². The molecule has 2 N–H and O–H groups in total. The second kappa shape index (κ2) is 6.19. The number of aryl methyl sites for hydroxylation is 1. The molecular weight excluding hydrogens is 240 g/mol. The third-order valence-electron chi connectivity index (χ3n) is 3.78. The highest BCUT2D eigenvalue weighted by atomic mass is 16.2. The Labute approximate surface area is 114 Å². The van der Waals surface area contributed by atoms with Crippen molar-refractivity contribution in [3.05, 3.63) is 18.0 Å². The lowest BCUT2D eigenvalue weighted by Crippen LogP contribution is -2.41. The number of carbonyl (C=O) groups is 1. The fraction of sp³-hybridized carbons (Fsp3) is 0.714. The Morgan fingerprint density at radius 1 is 1.47 bits per heavy atom. The van der Waals surface area contributed by atoms with Gasteiger partial charge in [0.1, 0.15) is 0 Å². The molecular formula is C14H24N4O. The maximum atomic E-state index is 12.2. The predicted octanol–water partition coefficient (Wildman–Crippen LogP) is 1.69. The molecule has 1 saturated heterocycles. The number of hydrogen-bond acceptors (Lipinski definition) is 3. The highest BCUT2D eigenvalue weighted by Crippen LogP contribution is 2.29. The minimum atomic E-state index is -0.0226. The van der Waals surface area contributed by atoms with Crippen LogP contribution in [0.3, 0.4) is 0 Å². The monoisotopic (exact) mass is 264 g/mol. The summed E-state index contributed by atoms with van der Waals surface area (Å²) in [5.74, 6) is 0.212. The van der Waals surface area contributed by atoms with E-state index in [1.54, 1.807) is 0 Å². The summed E-state index contributed by atoms with van der Waals surface area (Å²) in [7, 11) is 0. The molecule has 5 nitrogen and oxygen atoms in total. The minimum Gasteiger partial charge on any atom is -0.334 e. The van der Waals surface area contributed by atoms with Gasteiger partial charge < -0.3 is 10.6 Å². The van der Waals surface area contributed by atoms with E-state index in [0.29, 0.717) is 13.0 Å². The number of rotatable bonds is 4. The van der Waals surface area contributed by atoms with E-state index in [1.807, 2.05) is 28.9 Å². The van der Waals surface area contributed by atoms with Crippen LogP contribution in [0, 0.1) is 0 Å². The summed E-state index contributed by atoms with van der Waals surface area (Å²) in [5, 5.41) is 4.36. The van der Waals surface area contributed by atoms with Crippen LogP contribution in [0.25, 0.3) is 0 Å². The molecule has 2 heterocycles. The van der Waals surface area contributed by atoms with Crippen molar-refractivity contribution >= 4 is 5.91 Å². The van der Waals surface area contributed by atoms with Gasteiger partial charge in [0.2, 0.25) is 5.91 Å². The lowest BCUT2D eigenvalue weighted by Gasteiger charge is -2.32. The number of likely N-dealkylation sites (tertiary alicyclic amines) is 1. The predicted molar refractivity (Wildman–Crippen MR) is 74.5 cm³/mol. The molecule has 19 heavy (non-hydrogen) atoms. The lowest BCUT2D eigenvalue weighted by atomic mass is 9.99. The summed E-state index contributed by atoms with van der Waals surface area (Å²) in [6.07, 6.45) is 7.34. The molecule has 0 aliphatic carbocycles. The molecule has 1 fully saturated rings. The molecule has 1 aliphatic rings. The van der Waals surface area contributed by atoms with E-state index in [1.165, 1.54) is 0 Å². The Balaban J connectivity index is 2.27. The second-order valence-corrected chi connectivity index (χ2v) is 5.22. The van der Waals surface area contributed by atoms with Crippen molar-refractivity contribution in [1.29, 1.82) is 0 Å². The number of aromatic nitrogens is 2. The summed E-state index contributed by atoms with van der Waals surface area (Å²) in [5.41, 5.74) is 7.36. The lowest BCUT2D eigenvalue weighted by molar-refractivity contribution is -0.133. The number of likely N-dealkylation sites (N-methyl/N-ethyl adjacent to an activating group) is 1. The van der Waals surface area contributed by atoms with Crippen molar-refractivity contribution in [2.45, 2.75) is 58.2 Å². The van der Waals surface area contributed by atoms with Crippen LogP contribution in [-0.4, -0.2) is 33.2 Å². The number of amides is 1. The van der Waals surface area contributed by atoms with Gasteiger partial charge in [0.25, 0.3) is 0 Å². The number of carbonyl (C=O) groups excluding carboxylic acids is 1. The molecule has 0 bridgehead atoms. The Morgan fingerprint density at radius 2 is 2.26 bits per heavy atom. The maximum absolute atomic E-state index is 12.2. The van der Waals surface area contributed by atoms with Crippen LogP contribution >= 0.6 is 0 Å². The van der Waals surface area contributed by atoms with Crippen molar-refractivity contribution in [2.24, 2.45) is 5.73 Å². The van der Waals surface area contributed by atoms with E-state index in [4.69, 9.17) is 5.73 Å². The molecule has 1 aliphatic heterocycles. The van der Waals surface area contributed by atoms with E-state index in [-0.39, 0.29) is 18.0 Å². The second-order valence-electron chi connectivity index (χ2n) is 5.22. The molecule has 0 radical (unpaired) electrons. The van der Waals surface area contributed by atoms with Gasteiger partial charge in [-0.15, -0.1) is 0 Å². The first kappa shape index (κ1) is 14.1. The molecule has 0 saturated carbocycles. The topological polar surface area (TPSA) is 64.2 Å². The normalized spacial score (nSPS) is 24.6. The number of hydrogen-bond donors (Lipinski definition) is 1. The average Bonchev–Trinajstić information content (AvgIpc) is 2.78. The van der Waals surface area contributed by atoms with Crippen molar-refractivity contribution in [2.75, 3.05) is 6.54 Å².